The molecule has 0 aromatic heterocycles. The highest BCUT2D eigenvalue weighted by molar-refractivity contribution is 5.80. The fraction of sp³-hybridized carbons (Fsp3) is 0.357. The first kappa shape index (κ1) is 12.5. The minimum absolute atomic E-state index is 0.181. The quantitative estimate of drug-likeness (QED) is 0.685. The normalized spacial score (nSPS) is 9.88. The number of hydrogen-bond acceptors (Lipinski definition) is 2. The molecule has 2 nitrogen and oxygen atoms in total. The molecule has 0 fully saturated rings. The molecule has 0 saturated heterocycles. The van der Waals surface area contributed by atoms with E-state index in [2.05, 4.69) is 6.58 Å². The first-order valence-electron chi connectivity index (χ1n) is 5.43. The number of allylic oxidation sites excluding steroid dienone is 1. The van der Waals surface area contributed by atoms with Crippen molar-refractivity contribution in [1.82, 2.24) is 0 Å². The van der Waals surface area contributed by atoms with Gasteiger partial charge >= 0.3 is 0 Å². The second-order valence-electron chi connectivity index (χ2n) is 4.09. The topological polar surface area (TPSA) is 26.3 Å². The van der Waals surface area contributed by atoms with Crippen molar-refractivity contribution < 1.29 is 9.53 Å². The second-order valence-corrected chi connectivity index (χ2v) is 4.09. The Balaban J connectivity index is 2.30. The average Bonchev–Trinajstić information content (AvgIpc) is 2.16. The molecule has 16 heavy (non-hydrogen) atoms. The number of ketones is 1. The third kappa shape index (κ3) is 4.78. The predicted molar refractivity (Wildman–Crippen MR) is 65.7 cm³/mol. The molecule has 0 unspecified atom stereocenters. The largest absolute Gasteiger partial charge is 0.493 e. The van der Waals surface area contributed by atoms with Crippen molar-refractivity contribution in [3.8, 4) is 5.75 Å². The molecule has 0 N–H and O–H groups in total. The predicted octanol–water partition coefficient (Wildman–Crippen LogP) is 3.30. The fourth-order valence-corrected chi connectivity index (χ4v) is 1.41. The molecular weight excluding hydrogens is 200 g/mol. The van der Waals surface area contributed by atoms with Gasteiger partial charge in [-0.05, 0) is 31.5 Å². The van der Waals surface area contributed by atoms with Crippen LogP contribution in [0.3, 0.4) is 0 Å². The molecule has 0 bridgehead atoms. The molecule has 86 valence electrons. The van der Waals surface area contributed by atoms with Gasteiger partial charge in [0.15, 0.2) is 0 Å². The Morgan fingerprint density at radius 1 is 1.44 bits per heavy atom. The van der Waals surface area contributed by atoms with Gasteiger partial charge in [-0.2, -0.15) is 0 Å². The number of carbonyl (C=O) groups is 1. The molecule has 0 aliphatic rings. The summed E-state index contributed by atoms with van der Waals surface area (Å²) in [6.45, 7) is 8.02. The van der Waals surface area contributed by atoms with Gasteiger partial charge < -0.3 is 4.74 Å². The third-order valence-electron chi connectivity index (χ3n) is 2.14. The summed E-state index contributed by atoms with van der Waals surface area (Å²) < 4.78 is 5.49. The van der Waals surface area contributed by atoms with Gasteiger partial charge in [0.25, 0.3) is 0 Å². The summed E-state index contributed by atoms with van der Waals surface area (Å²) in [5, 5.41) is 0. The second kappa shape index (κ2) is 6.11. The van der Waals surface area contributed by atoms with Crippen molar-refractivity contribution in [1.29, 1.82) is 0 Å². The molecule has 1 aromatic carbocycles. The van der Waals surface area contributed by atoms with Crippen molar-refractivity contribution in [3.05, 3.63) is 42.0 Å². The van der Waals surface area contributed by atoms with Gasteiger partial charge in [-0.1, -0.05) is 24.3 Å². The Bertz CT molecular complexity index is 380. The molecule has 0 saturated carbocycles. The zero-order valence-electron chi connectivity index (χ0n) is 9.95. The van der Waals surface area contributed by atoms with Gasteiger partial charge in [0.1, 0.15) is 11.5 Å². The van der Waals surface area contributed by atoms with E-state index in [1.807, 2.05) is 38.1 Å². The zero-order valence-corrected chi connectivity index (χ0v) is 9.95. The van der Waals surface area contributed by atoms with Gasteiger partial charge in [0.2, 0.25) is 0 Å². The number of carbonyl (C=O) groups excluding carboxylic acids is 1. The molecule has 1 aromatic rings. The minimum Gasteiger partial charge on any atom is -0.493 e. The first-order valence-corrected chi connectivity index (χ1v) is 5.43. The summed E-state index contributed by atoms with van der Waals surface area (Å²) in [7, 11) is 0. The zero-order chi connectivity index (χ0) is 12.0. The first-order chi connectivity index (χ1) is 7.58. The van der Waals surface area contributed by atoms with Gasteiger partial charge in [0, 0.05) is 12.8 Å². The van der Waals surface area contributed by atoms with E-state index in [1.54, 1.807) is 0 Å². The van der Waals surface area contributed by atoms with E-state index in [9.17, 15) is 4.79 Å². The van der Waals surface area contributed by atoms with E-state index in [4.69, 9.17) is 4.74 Å². The van der Waals surface area contributed by atoms with Crippen LogP contribution in [0.2, 0.25) is 0 Å². The summed E-state index contributed by atoms with van der Waals surface area (Å²) >= 11 is 0. The lowest BCUT2D eigenvalue weighted by molar-refractivity contribution is -0.118. The lowest BCUT2D eigenvalue weighted by atomic mass is 10.1. The number of ether oxygens (including phenoxy) is 1. The summed E-state index contributed by atoms with van der Waals surface area (Å²) in [4.78, 5) is 11.4. The Morgan fingerprint density at radius 3 is 2.81 bits per heavy atom. The fourth-order valence-electron chi connectivity index (χ4n) is 1.41. The Kier molecular flexibility index (Phi) is 4.77. The lowest BCUT2D eigenvalue weighted by Crippen LogP contribution is -2.06. The van der Waals surface area contributed by atoms with Crippen molar-refractivity contribution in [2.75, 3.05) is 6.61 Å². The third-order valence-corrected chi connectivity index (χ3v) is 2.14. The lowest BCUT2D eigenvalue weighted by Gasteiger charge is -2.06. The molecular formula is C14H18O2. The Labute approximate surface area is 96.9 Å². The summed E-state index contributed by atoms with van der Waals surface area (Å²) in [6, 6.07) is 7.82. The summed E-state index contributed by atoms with van der Waals surface area (Å²) in [6.07, 6.45) is 0.901. The van der Waals surface area contributed by atoms with Crippen molar-refractivity contribution in [2.45, 2.75) is 26.7 Å². The number of aryl methyl sites for hydroxylation is 1. The van der Waals surface area contributed by atoms with Gasteiger partial charge in [-0.15, -0.1) is 0 Å². The monoisotopic (exact) mass is 218 g/mol. The average molecular weight is 218 g/mol. The van der Waals surface area contributed by atoms with E-state index in [0.717, 1.165) is 16.9 Å². The highest BCUT2D eigenvalue weighted by Gasteiger charge is 2.02. The van der Waals surface area contributed by atoms with E-state index in [0.29, 0.717) is 19.4 Å². The molecule has 0 spiro atoms. The van der Waals surface area contributed by atoms with E-state index in [1.165, 1.54) is 0 Å². The maximum atomic E-state index is 11.4. The maximum absolute atomic E-state index is 11.4. The Morgan fingerprint density at radius 2 is 2.19 bits per heavy atom. The minimum atomic E-state index is 0.181. The van der Waals surface area contributed by atoms with Crippen LogP contribution >= 0.6 is 0 Å². The van der Waals surface area contributed by atoms with Crippen LogP contribution in [0.4, 0.5) is 0 Å². The Hall–Kier alpha value is -1.57. The van der Waals surface area contributed by atoms with E-state index < -0.39 is 0 Å². The van der Waals surface area contributed by atoms with Gasteiger partial charge in [-0.25, -0.2) is 0 Å². The van der Waals surface area contributed by atoms with Crippen LogP contribution in [0.5, 0.6) is 5.75 Å². The van der Waals surface area contributed by atoms with Crippen LogP contribution in [-0.4, -0.2) is 12.4 Å². The molecule has 0 aliphatic carbocycles. The standard InChI is InChI=1S/C14H18O2/c1-11(2)9-13(15)7-8-16-14-6-4-5-12(3)10-14/h4-6,10H,1,7-9H2,2-3H3. The molecule has 0 amide bonds. The smallest absolute Gasteiger partial charge is 0.140 e. The number of rotatable bonds is 6. The number of benzene rings is 1. The molecule has 0 aliphatic heterocycles. The highest BCUT2D eigenvalue weighted by Crippen LogP contribution is 2.12. The van der Waals surface area contributed by atoms with Crippen LogP contribution in [0.15, 0.2) is 36.4 Å². The van der Waals surface area contributed by atoms with E-state index in [-0.39, 0.29) is 5.78 Å². The van der Waals surface area contributed by atoms with Crippen molar-refractivity contribution >= 4 is 5.78 Å². The van der Waals surface area contributed by atoms with Gasteiger partial charge in [0.05, 0.1) is 6.61 Å². The van der Waals surface area contributed by atoms with Crippen LogP contribution in [0, 0.1) is 6.92 Å². The molecule has 1 rings (SSSR count). The van der Waals surface area contributed by atoms with Crippen LogP contribution in [-0.2, 0) is 4.79 Å². The molecule has 2 heteroatoms. The van der Waals surface area contributed by atoms with Crippen molar-refractivity contribution in [3.63, 3.8) is 0 Å². The van der Waals surface area contributed by atoms with Crippen LogP contribution in [0.25, 0.3) is 0 Å². The SMILES string of the molecule is C=C(C)CC(=O)CCOc1cccc(C)c1. The molecule has 0 heterocycles. The molecule has 0 atom stereocenters. The van der Waals surface area contributed by atoms with Crippen LogP contribution < -0.4 is 4.74 Å². The highest BCUT2D eigenvalue weighted by atomic mass is 16.5. The van der Waals surface area contributed by atoms with Crippen LogP contribution in [0.1, 0.15) is 25.3 Å². The summed E-state index contributed by atoms with van der Waals surface area (Å²) in [5.74, 6) is 1.00. The summed E-state index contributed by atoms with van der Waals surface area (Å²) in [5.41, 5.74) is 2.06. The number of Topliss-reactive ketones (excluding diaryl/α,β-unsaturated/α-hetero) is 1. The molecule has 0 radical (unpaired) electrons. The van der Waals surface area contributed by atoms with Crippen molar-refractivity contribution in [2.24, 2.45) is 0 Å². The van der Waals surface area contributed by atoms with Gasteiger partial charge in [-0.3, -0.25) is 4.79 Å². The maximum Gasteiger partial charge on any atom is 0.140 e. The van der Waals surface area contributed by atoms with E-state index >= 15 is 0 Å². The number of hydrogen-bond donors (Lipinski definition) is 0.